The van der Waals surface area contributed by atoms with Crippen LogP contribution in [0.3, 0.4) is 0 Å². The van der Waals surface area contributed by atoms with Gasteiger partial charge < -0.3 is 0 Å². The normalized spacial score (nSPS) is 22.1. The van der Waals surface area contributed by atoms with Crippen LogP contribution in [0.2, 0.25) is 5.21 Å². The molecule has 8 heavy (non-hydrogen) atoms. The molecule has 1 fully saturated rings. The van der Waals surface area contributed by atoms with Gasteiger partial charge in [0.2, 0.25) is 0 Å². The zero-order valence-corrected chi connectivity index (χ0v) is 7.69. The summed E-state index contributed by atoms with van der Waals surface area (Å²) in [5.41, 5.74) is 0. The Bertz CT molecular complexity index is 59.5. The quantitative estimate of drug-likeness (QED) is 0.539. The average molecular weight is 175 g/mol. The van der Waals surface area contributed by atoms with E-state index in [-0.39, 0.29) is 0 Å². The van der Waals surface area contributed by atoms with Gasteiger partial charge in [-0.3, -0.25) is 0 Å². The second kappa shape index (κ2) is 3.53. The first-order valence-corrected chi connectivity index (χ1v) is 5.07. The molecule has 0 aromatic carbocycles. The molecule has 1 saturated heterocycles. The summed E-state index contributed by atoms with van der Waals surface area (Å²) in [6.07, 6.45) is 2.88. The van der Waals surface area contributed by atoms with Crippen LogP contribution in [0, 0.1) is 0 Å². The zero-order chi connectivity index (χ0) is 5.82. The first-order chi connectivity index (χ1) is 3.93. The van der Waals surface area contributed by atoms with Crippen LogP contribution in [0.25, 0.3) is 0 Å². The van der Waals surface area contributed by atoms with E-state index in [1.807, 2.05) is 16.9 Å². The summed E-state index contributed by atoms with van der Waals surface area (Å²) < 4.78 is 0. The van der Waals surface area contributed by atoms with E-state index in [1.165, 1.54) is 37.7 Å². The SMILES string of the molecule is [AsH2]CCN1CCCC1. The topological polar surface area (TPSA) is 3.24 Å². The molecule has 1 rings (SSSR count). The summed E-state index contributed by atoms with van der Waals surface area (Å²) in [6, 6.07) is 0. The first-order valence-electron chi connectivity index (χ1n) is 3.36. The first kappa shape index (κ1) is 6.64. The van der Waals surface area contributed by atoms with Crippen LogP contribution in [0.15, 0.2) is 0 Å². The van der Waals surface area contributed by atoms with Gasteiger partial charge in [-0.2, -0.15) is 0 Å². The molecule has 0 aromatic heterocycles. The number of rotatable bonds is 2. The summed E-state index contributed by atoms with van der Waals surface area (Å²) in [7, 11) is 0. The molecule has 0 aliphatic carbocycles. The third-order valence-electron chi connectivity index (χ3n) is 1.64. The molecule has 0 spiro atoms. The van der Waals surface area contributed by atoms with Crippen molar-refractivity contribution in [1.82, 2.24) is 4.90 Å². The van der Waals surface area contributed by atoms with Gasteiger partial charge in [0.25, 0.3) is 0 Å². The standard InChI is InChI=1S/C6H14AsN/c7-3-6-8-4-1-2-5-8/h1-7H2. The molecule has 1 atom stereocenters. The van der Waals surface area contributed by atoms with E-state index in [0.717, 1.165) is 0 Å². The third-order valence-corrected chi connectivity index (χ3v) is 2.19. The Morgan fingerprint density at radius 2 is 1.88 bits per heavy atom. The Morgan fingerprint density at radius 1 is 1.25 bits per heavy atom. The van der Waals surface area contributed by atoms with Crippen LogP contribution in [0.1, 0.15) is 12.8 Å². The van der Waals surface area contributed by atoms with E-state index >= 15 is 0 Å². The van der Waals surface area contributed by atoms with Crippen molar-refractivity contribution in [3.05, 3.63) is 0 Å². The van der Waals surface area contributed by atoms with Gasteiger partial charge in [-0.1, -0.05) is 0 Å². The van der Waals surface area contributed by atoms with E-state index in [9.17, 15) is 0 Å². The predicted octanol–water partition coefficient (Wildman–Crippen LogP) is 0.134. The Balaban J connectivity index is 2.06. The summed E-state index contributed by atoms with van der Waals surface area (Å²) in [6.45, 7) is 4.08. The van der Waals surface area contributed by atoms with Crippen LogP contribution >= 0.6 is 0 Å². The van der Waals surface area contributed by atoms with Crippen LogP contribution in [0.4, 0.5) is 0 Å². The fourth-order valence-corrected chi connectivity index (χ4v) is 1.95. The van der Waals surface area contributed by atoms with Crippen molar-refractivity contribution < 1.29 is 0 Å². The number of hydrogen-bond donors (Lipinski definition) is 0. The van der Waals surface area contributed by atoms with Crippen molar-refractivity contribution in [3.8, 4) is 0 Å². The van der Waals surface area contributed by atoms with Crippen molar-refractivity contribution >= 4 is 16.9 Å². The van der Waals surface area contributed by atoms with Crippen LogP contribution in [-0.2, 0) is 0 Å². The second-order valence-corrected chi connectivity index (χ2v) is 3.55. The van der Waals surface area contributed by atoms with Crippen molar-refractivity contribution in [1.29, 1.82) is 0 Å². The number of hydrogen-bond acceptors (Lipinski definition) is 1. The molecular weight excluding hydrogens is 161 g/mol. The minimum absolute atomic E-state index is 1.35. The Hall–Kier alpha value is 0.518. The Kier molecular flexibility index (Phi) is 2.92. The Morgan fingerprint density at radius 3 is 2.38 bits per heavy atom. The monoisotopic (exact) mass is 175 g/mol. The second-order valence-electron chi connectivity index (χ2n) is 2.34. The van der Waals surface area contributed by atoms with Crippen molar-refractivity contribution in [2.24, 2.45) is 0 Å². The van der Waals surface area contributed by atoms with Gasteiger partial charge in [0.1, 0.15) is 0 Å². The van der Waals surface area contributed by atoms with Crippen molar-refractivity contribution in [2.45, 2.75) is 18.1 Å². The van der Waals surface area contributed by atoms with Gasteiger partial charge in [0, 0.05) is 0 Å². The molecule has 0 amide bonds. The fourth-order valence-electron chi connectivity index (χ4n) is 1.19. The molecule has 0 saturated carbocycles. The fraction of sp³-hybridized carbons (Fsp3) is 1.00. The van der Waals surface area contributed by atoms with Gasteiger partial charge in [-0.05, 0) is 0 Å². The van der Waals surface area contributed by atoms with Crippen molar-refractivity contribution in [2.75, 3.05) is 19.6 Å². The van der Waals surface area contributed by atoms with E-state index in [1.54, 1.807) is 0 Å². The third kappa shape index (κ3) is 1.79. The molecule has 48 valence electrons. The molecule has 1 nitrogen and oxygen atoms in total. The summed E-state index contributed by atoms with van der Waals surface area (Å²) >= 11 is 1.86. The average Bonchev–Trinajstić information content (AvgIpc) is 2.19. The van der Waals surface area contributed by atoms with E-state index in [4.69, 9.17) is 0 Å². The summed E-state index contributed by atoms with van der Waals surface area (Å²) in [5.74, 6) is 0. The van der Waals surface area contributed by atoms with Gasteiger partial charge in [0.15, 0.2) is 0 Å². The molecule has 0 bridgehead atoms. The van der Waals surface area contributed by atoms with E-state index < -0.39 is 0 Å². The molecule has 0 N–H and O–H groups in total. The number of likely N-dealkylation sites (tertiary alicyclic amines) is 1. The molecule has 2 heteroatoms. The van der Waals surface area contributed by atoms with Crippen LogP contribution < -0.4 is 0 Å². The molecule has 0 aromatic rings. The Labute approximate surface area is 59.9 Å². The van der Waals surface area contributed by atoms with Crippen molar-refractivity contribution in [3.63, 3.8) is 0 Å². The summed E-state index contributed by atoms with van der Waals surface area (Å²) in [5, 5.41) is 1.38. The summed E-state index contributed by atoms with van der Waals surface area (Å²) in [4.78, 5) is 2.56. The molecule has 1 unspecified atom stereocenters. The van der Waals surface area contributed by atoms with Gasteiger partial charge in [0.05, 0.1) is 0 Å². The molecule has 1 heterocycles. The van der Waals surface area contributed by atoms with Gasteiger partial charge in [-0.15, -0.1) is 0 Å². The number of nitrogens with zero attached hydrogens (tertiary/aromatic N) is 1. The zero-order valence-electron chi connectivity index (χ0n) is 5.27. The van der Waals surface area contributed by atoms with E-state index in [2.05, 4.69) is 4.90 Å². The molecule has 1 aliphatic heterocycles. The molecule has 0 radical (unpaired) electrons. The van der Waals surface area contributed by atoms with Crippen LogP contribution in [0.5, 0.6) is 0 Å². The van der Waals surface area contributed by atoms with E-state index in [0.29, 0.717) is 0 Å². The minimum atomic E-state index is 1.35. The van der Waals surface area contributed by atoms with Crippen LogP contribution in [-0.4, -0.2) is 41.4 Å². The molecule has 1 aliphatic rings. The van der Waals surface area contributed by atoms with Gasteiger partial charge in [-0.25, -0.2) is 0 Å². The maximum atomic E-state index is 2.56. The predicted molar refractivity (Wildman–Crippen MR) is 39.0 cm³/mol. The molecular formula is C6H14AsN. The maximum absolute atomic E-state index is 2.56. The van der Waals surface area contributed by atoms with Gasteiger partial charge >= 0.3 is 59.4 Å².